The van der Waals surface area contributed by atoms with Gasteiger partial charge in [0.25, 0.3) is 0 Å². The zero-order valence-electron chi connectivity index (χ0n) is 15.2. The topological polar surface area (TPSA) is 84.5 Å². The minimum absolute atomic E-state index is 0.00546. The molecule has 0 saturated carbocycles. The molecule has 25 heavy (non-hydrogen) atoms. The summed E-state index contributed by atoms with van der Waals surface area (Å²) in [6.07, 6.45) is 1.76. The van der Waals surface area contributed by atoms with Gasteiger partial charge in [0.1, 0.15) is 17.7 Å². The lowest BCUT2D eigenvalue weighted by Gasteiger charge is -2.19. The third-order valence-corrected chi connectivity index (χ3v) is 3.32. The van der Waals surface area contributed by atoms with E-state index in [1.54, 1.807) is 20.8 Å². The summed E-state index contributed by atoms with van der Waals surface area (Å²) in [6, 6.07) is 9.26. The van der Waals surface area contributed by atoms with E-state index in [1.165, 1.54) is 0 Å². The normalized spacial score (nSPS) is 12.3. The molecule has 0 saturated heterocycles. The van der Waals surface area contributed by atoms with Crippen molar-refractivity contribution in [3.8, 4) is 0 Å². The van der Waals surface area contributed by atoms with Gasteiger partial charge in [0.15, 0.2) is 0 Å². The van der Waals surface area contributed by atoms with E-state index < -0.39 is 11.7 Å². The van der Waals surface area contributed by atoms with Gasteiger partial charge in [-0.1, -0.05) is 30.3 Å². The second-order valence-electron chi connectivity index (χ2n) is 6.88. The van der Waals surface area contributed by atoms with E-state index in [-0.39, 0.29) is 18.4 Å². The molecule has 6 nitrogen and oxygen atoms in total. The summed E-state index contributed by atoms with van der Waals surface area (Å²) in [5.41, 5.74) is 0.507. The predicted octanol–water partition coefficient (Wildman–Crippen LogP) is 2.26. The molecule has 0 heterocycles. The number of hydrogen-bond donors (Lipinski definition) is 2. The maximum Gasteiger partial charge on any atom is 0.407 e. The largest absolute Gasteiger partial charge is 0.444 e. The van der Waals surface area contributed by atoms with Crippen molar-refractivity contribution in [2.75, 3.05) is 13.1 Å². The highest BCUT2D eigenvalue weighted by atomic mass is 16.6. The standard InChI is InChI=1S/C19H28N2O4/c1-19(2,3)25-18(24)20-11-7-10-17(23)13-21-16(14-22)12-15-8-5-4-6-9-15/h4-6,8-9,14,16,21H,7,10-13H2,1-3H3,(H,20,24)/t16-/m0/s1. The van der Waals surface area contributed by atoms with Gasteiger partial charge in [0.2, 0.25) is 0 Å². The number of aldehydes is 1. The Morgan fingerprint density at radius 1 is 1.20 bits per heavy atom. The molecule has 0 spiro atoms. The van der Waals surface area contributed by atoms with E-state index in [4.69, 9.17) is 4.74 Å². The molecule has 1 amide bonds. The van der Waals surface area contributed by atoms with Gasteiger partial charge in [0.05, 0.1) is 12.6 Å². The summed E-state index contributed by atoms with van der Waals surface area (Å²) in [6.45, 7) is 5.90. The summed E-state index contributed by atoms with van der Waals surface area (Å²) in [5.74, 6) is 0.00546. The molecular formula is C19H28N2O4. The first kappa shape index (κ1) is 20.8. The molecule has 1 aromatic carbocycles. The predicted molar refractivity (Wildman–Crippen MR) is 96.5 cm³/mol. The Balaban J connectivity index is 2.19. The first-order chi connectivity index (χ1) is 11.8. The molecule has 0 aliphatic rings. The fourth-order valence-electron chi connectivity index (χ4n) is 2.16. The highest BCUT2D eigenvalue weighted by Gasteiger charge is 2.15. The number of ether oxygens (including phenoxy) is 1. The monoisotopic (exact) mass is 348 g/mol. The summed E-state index contributed by atoms with van der Waals surface area (Å²) >= 11 is 0. The Kier molecular flexibility index (Phi) is 8.84. The molecule has 6 heteroatoms. The van der Waals surface area contributed by atoms with Crippen LogP contribution in [0.25, 0.3) is 0 Å². The van der Waals surface area contributed by atoms with Gasteiger partial charge in [-0.15, -0.1) is 0 Å². The van der Waals surface area contributed by atoms with Crippen molar-refractivity contribution in [1.82, 2.24) is 10.6 Å². The van der Waals surface area contributed by atoms with Crippen molar-refractivity contribution < 1.29 is 19.1 Å². The molecule has 0 aliphatic heterocycles. The van der Waals surface area contributed by atoms with Crippen LogP contribution in [0.5, 0.6) is 0 Å². The van der Waals surface area contributed by atoms with Crippen molar-refractivity contribution >= 4 is 18.2 Å². The van der Waals surface area contributed by atoms with Crippen LogP contribution in [-0.2, 0) is 20.7 Å². The highest BCUT2D eigenvalue weighted by molar-refractivity contribution is 5.81. The molecule has 1 aromatic rings. The van der Waals surface area contributed by atoms with E-state index >= 15 is 0 Å². The molecule has 0 unspecified atom stereocenters. The van der Waals surface area contributed by atoms with Gasteiger partial charge >= 0.3 is 6.09 Å². The Morgan fingerprint density at radius 3 is 2.48 bits per heavy atom. The van der Waals surface area contributed by atoms with Crippen LogP contribution < -0.4 is 10.6 Å². The van der Waals surface area contributed by atoms with E-state index in [1.807, 2.05) is 30.3 Å². The van der Waals surface area contributed by atoms with Crippen molar-refractivity contribution in [3.05, 3.63) is 35.9 Å². The van der Waals surface area contributed by atoms with E-state index in [9.17, 15) is 14.4 Å². The SMILES string of the molecule is CC(C)(C)OC(=O)NCCCC(=O)CN[C@H](C=O)Cc1ccccc1. The second-order valence-corrected chi connectivity index (χ2v) is 6.88. The first-order valence-corrected chi connectivity index (χ1v) is 8.51. The van der Waals surface area contributed by atoms with Gasteiger partial charge in [0, 0.05) is 13.0 Å². The lowest BCUT2D eigenvalue weighted by molar-refractivity contribution is -0.118. The minimum Gasteiger partial charge on any atom is -0.444 e. The fourth-order valence-corrected chi connectivity index (χ4v) is 2.16. The number of rotatable bonds is 10. The summed E-state index contributed by atoms with van der Waals surface area (Å²) in [4.78, 5) is 34.5. The fraction of sp³-hybridized carbons (Fsp3) is 0.526. The van der Waals surface area contributed by atoms with E-state index in [2.05, 4.69) is 10.6 Å². The minimum atomic E-state index is -0.535. The van der Waals surface area contributed by atoms with Crippen LogP contribution in [0.1, 0.15) is 39.2 Å². The van der Waals surface area contributed by atoms with Gasteiger partial charge in [-0.3, -0.25) is 4.79 Å². The molecule has 1 rings (SSSR count). The summed E-state index contributed by atoms with van der Waals surface area (Å²) in [5, 5.41) is 5.58. The number of carbonyl (C=O) groups is 3. The van der Waals surface area contributed by atoms with Gasteiger partial charge in [-0.2, -0.15) is 0 Å². The van der Waals surface area contributed by atoms with Crippen molar-refractivity contribution in [2.24, 2.45) is 0 Å². The molecule has 0 aromatic heterocycles. The average Bonchev–Trinajstić information content (AvgIpc) is 2.54. The van der Waals surface area contributed by atoms with Crippen LogP contribution in [0.3, 0.4) is 0 Å². The van der Waals surface area contributed by atoms with Crippen LogP contribution >= 0.6 is 0 Å². The molecule has 0 fully saturated rings. The Hall–Kier alpha value is -2.21. The number of nitrogens with one attached hydrogen (secondary N) is 2. The Bertz CT molecular complexity index is 552. The van der Waals surface area contributed by atoms with Crippen molar-refractivity contribution in [1.29, 1.82) is 0 Å². The Labute approximate surface area is 149 Å². The van der Waals surface area contributed by atoms with Crippen molar-refractivity contribution in [2.45, 2.75) is 51.7 Å². The molecule has 0 bridgehead atoms. The smallest absolute Gasteiger partial charge is 0.407 e. The Morgan fingerprint density at radius 2 is 1.88 bits per heavy atom. The molecule has 138 valence electrons. The quantitative estimate of drug-likeness (QED) is 0.500. The first-order valence-electron chi connectivity index (χ1n) is 8.51. The highest BCUT2D eigenvalue weighted by Crippen LogP contribution is 2.06. The van der Waals surface area contributed by atoms with Crippen molar-refractivity contribution in [3.63, 3.8) is 0 Å². The number of alkyl carbamates (subject to hydrolysis) is 1. The average molecular weight is 348 g/mol. The molecular weight excluding hydrogens is 320 g/mol. The van der Waals surface area contributed by atoms with Crippen LogP contribution in [0.4, 0.5) is 4.79 Å². The summed E-state index contributed by atoms with van der Waals surface area (Å²) in [7, 11) is 0. The number of hydrogen-bond acceptors (Lipinski definition) is 5. The lowest BCUT2D eigenvalue weighted by atomic mass is 10.1. The van der Waals surface area contributed by atoms with Gasteiger partial charge in [-0.05, 0) is 39.2 Å². The molecule has 0 aliphatic carbocycles. The number of amides is 1. The van der Waals surface area contributed by atoms with Crippen LogP contribution in [-0.4, -0.2) is 42.9 Å². The number of carbonyl (C=O) groups excluding carboxylic acids is 3. The van der Waals surface area contributed by atoms with E-state index in [0.29, 0.717) is 25.8 Å². The zero-order valence-corrected chi connectivity index (χ0v) is 15.2. The maximum absolute atomic E-state index is 11.9. The van der Waals surface area contributed by atoms with Gasteiger partial charge in [-0.25, -0.2) is 4.79 Å². The third-order valence-electron chi connectivity index (χ3n) is 3.32. The third kappa shape index (κ3) is 10.3. The van der Waals surface area contributed by atoms with Crippen LogP contribution in [0.15, 0.2) is 30.3 Å². The van der Waals surface area contributed by atoms with Crippen LogP contribution in [0.2, 0.25) is 0 Å². The number of ketones is 1. The second kappa shape index (κ2) is 10.6. The molecule has 2 N–H and O–H groups in total. The van der Waals surface area contributed by atoms with Crippen LogP contribution in [0, 0.1) is 0 Å². The van der Waals surface area contributed by atoms with E-state index in [0.717, 1.165) is 11.8 Å². The van der Waals surface area contributed by atoms with Gasteiger partial charge < -0.3 is 20.2 Å². The maximum atomic E-state index is 11.9. The molecule has 0 radical (unpaired) electrons. The number of benzene rings is 1. The zero-order chi connectivity index (χ0) is 18.7. The lowest BCUT2D eigenvalue weighted by Crippen LogP contribution is -2.37. The number of Topliss-reactive ketones (excluding diaryl/α,β-unsaturated/α-hetero) is 1. The molecule has 1 atom stereocenters. The summed E-state index contributed by atoms with van der Waals surface area (Å²) < 4.78 is 5.11.